The first-order valence-corrected chi connectivity index (χ1v) is 18.7. The van der Waals surface area contributed by atoms with Crippen LogP contribution in [0.4, 0.5) is 11.4 Å². The summed E-state index contributed by atoms with van der Waals surface area (Å²) >= 11 is 26.2. The van der Waals surface area contributed by atoms with Crippen molar-refractivity contribution in [3.8, 4) is 0 Å². The Morgan fingerprint density at radius 3 is 1.80 bits per heavy atom. The predicted molar refractivity (Wildman–Crippen MR) is 199 cm³/mol. The van der Waals surface area contributed by atoms with Crippen LogP contribution in [0.1, 0.15) is 111 Å². The molecule has 45 heavy (non-hydrogen) atoms. The van der Waals surface area contributed by atoms with E-state index in [0.29, 0.717) is 20.1 Å². The second kappa shape index (κ2) is 17.9. The van der Waals surface area contributed by atoms with Crippen molar-refractivity contribution in [2.24, 2.45) is 0 Å². The lowest BCUT2D eigenvalue weighted by molar-refractivity contribution is -0.674. The minimum atomic E-state index is 0.589. The summed E-state index contributed by atoms with van der Waals surface area (Å²) in [4.78, 5) is 4.77. The van der Waals surface area contributed by atoms with E-state index < -0.39 is 0 Å². The van der Waals surface area contributed by atoms with Gasteiger partial charge in [-0.1, -0.05) is 124 Å². The number of allylic oxidation sites excluding steroid dienone is 2. The smallest absolute Gasteiger partial charge is 0.282 e. The van der Waals surface area contributed by atoms with Gasteiger partial charge >= 0.3 is 0 Å². The number of benzene rings is 2. The summed E-state index contributed by atoms with van der Waals surface area (Å²) in [6, 6.07) is 8.08. The molecular weight excluding hydrogens is 642 g/mol. The monoisotopic (exact) mass is 691 g/mol. The predicted octanol–water partition coefficient (Wildman–Crippen LogP) is 12.5. The third-order valence-corrected chi connectivity index (χ3v) is 10.3. The first-order chi connectivity index (χ1) is 21.9. The highest BCUT2D eigenvalue weighted by atomic mass is 35.5. The van der Waals surface area contributed by atoms with E-state index in [4.69, 9.17) is 46.4 Å². The van der Waals surface area contributed by atoms with Crippen molar-refractivity contribution in [2.75, 3.05) is 22.9 Å². The number of imidazole rings is 1. The van der Waals surface area contributed by atoms with Gasteiger partial charge < -0.3 is 9.80 Å². The van der Waals surface area contributed by atoms with Crippen molar-refractivity contribution >= 4 is 74.9 Å². The average Bonchev–Trinajstić information content (AvgIpc) is 3.46. The van der Waals surface area contributed by atoms with Crippen molar-refractivity contribution in [3.63, 3.8) is 0 Å². The first-order valence-electron chi connectivity index (χ1n) is 17.2. The Hall–Kier alpha value is -1.85. The van der Waals surface area contributed by atoms with Crippen LogP contribution in [-0.4, -0.2) is 17.7 Å². The Kier molecular flexibility index (Phi) is 14.3. The number of halogens is 4. The molecule has 0 atom stereocenters. The van der Waals surface area contributed by atoms with Crippen LogP contribution in [0.5, 0.6) is 0 Å². The van der Waals surface area contributed by atoms with E-state index >= 15 is 0 Å². The molecule has 0 unspecified atom stereocenters. The quantitative estimate of drug-likeness (QED) is 0.0973. The number of hydrogen-bond donors (Lipinski definition) is 0. The van der Waals surface area contributed by atoms with Crippen LogP contribution in [-0.2, 0) is 13.1 Å². The van der Waals surface area contributed by atoms with Crippen molar-refractivity contribution in [1.82, 2.24) is 4.57 Å². The number of hydrogen-bond acceptors (Lipinski definition) is 2. The zero-order valence-corrected chi connectivity index (χ0v) is 30.7. The number of rotatable bonds is 18. The molecule has 4 rings (SSSR count). The van der Waals surface area contributed by atoms with E-state index in [1.165, 1.54) is 64.2 Å². The molecule has 0 radical (unpaired) electrons. The van der Waals surface area contributed by atoms with E-state index in [9.17, 15) is 0 Å². The fourth-order valence-corrected chi connectivity index (χ4v) is 7.15. The maximum atomic E-state index is 6.55. The molecule has 1 aliphatic rings. The second-order valence-electron chi connectivity index (χ2n) is 12.1. The molecule has 0 spiro atoms. The molecule has 2 aromatic carbocycles. The van der Waals surface area contributed by atoms with Crippen molar-refractivity contribution in [1.29, 1.82) is 0 Å². The van der Waals surface area contributed by atoms with E-state index in [1.54, 1.807) is 0 Å². The van der Waals surface area contributed by atoms with Gasteiger partial charge in [0.05, 0.1) is 44.6 Å². The van der Waals surface area contributed by atoms with Crippen molar-refractivity contribution in [2.45, 2.75) is 118 Å². The summed E-state index contributed by atoms with van der Waals surface area (Å²) in [5.74, 6) is 2.31. The molecule has 1 aliphatic heterocycles. The highest BCUT2D eigenvalue weighted by molar-refractivity contribution is 6.43. The summed E-state index contributed by atoms with van der Waals surface area (Å²) in [6.45, 7) is 12.5. The highest BCUT2D eigenvalue weighted by Crippen LogP contribution is 2.45. The van der Waals surface area contributed by atoms with E-state index in [0.717, 1.165) is 73.1 Å². The molecule has 0 N–H and O–H groups in total. The number of nitrogens with zero attached hydrogens (tertiary/aromatic N) is 4. The molecule has 3 aromatic rings. The summed E-state index contributed by atoms with van der Waals surface area (Å²) in [5.41, 5.74) is 4.49. The van der Waals surface area contributed by atoms with Crippen LogP contribution in [0.15, 0.2) is 42.2 Å². The highest BCUT2D eigenvalue weighted by Gasteiger charge is 2.31. The molecule has 0 bridgehead atoms. The molecular formula is C37H51Cl4N4+. The summed E-state index contributed by atoms with van der Waals surface area (Å²) < 4.78 is 4.77. The fourth-order valence-electron chi connectivity index (χ4n) is 6.52. The van der Waals surface area contributed by atoms with Crippen LogP contribution < -0.4 is 14.4 Å². The largest absolute Gasteiger partial charge is 0.326 e. The molecule has 8 heteroatoms. The standard InChI is InChI=1S/C37H51Cl4N4/c1-5-9-11-13-15-17-22-44-34-26-30(40)28(38)24-32(34)42(7-3)36(44)20-19-21-37-43(8-4)33-25-29(39)31(41)27-35(33)45(37)23-18-16-14-12-10-6-2/h19-21,24-27H,5-18,22-23H2,1-4H3/q+1. The average molecular weight is 694 g/mol. The minimum absolute atomic E-state index is 0.589. The van der Waals surface area contributed by atoms with Gasteiger partial charge in [0, 0.05) is 31.3 Å². The second-order valence-corrected chi connectivity index (χ2v) is 13.7. The van der Waals surface area contributed by atoms with Crippen LogP contribution in [0.2, 0.25) is 20.1 Å². The molecule has 0 amide bonds. The number of unbranched alkanes of at least 4 members (excludes halogenated alkanes) is 10. The zero-order valence-electron chi connectivity index (χ0n) is 27.7. The van der Waals surface area contributed by atoms with Gasteiger partial charge in [0.1, 0.15) is 5.82 Å². The lowest BCUT2D eigenvalue weighted by Crippen LogP contribution is -2.36. The van der Waals surface area contributed by atoms with Crippen molar-refractivity contribution in [3.05, 3.63) is 68.2 Å². The SMILES string of the molecule is CCCCCCCCN1/C(=C/C=C/c2n(CC)c3cc(Cl)c(Cl)cc3[n+]2CCCCCCCC)N(CC)c2cc(Cl)c(Cl)cc21. The maximum absolute atomic E-state index is 6.55. The van der Waals surface area contributed by atoms with Gasteiger partial charge in [-0.3, -0.25) is 0 Å². The lowest BCUT2D eigenvalue weighted by atomic mass is 10.1. The number of fused-ring (bicyclic) bond motifs is 2. The number of aryl methyl sites for hydroxylation is 2. The van der Waals surface area contributed by atoms with Crippen LogP contribution >= 0.6 is 46.4 Å². The van der Waals surface area contributed by atoms with Gasteiger partial charge in [0.2, 0.25) is 0 Å². The Bertz CT molecular complexity index is 1480. The van der Waals surface area contributed by atoms with Gasteiger partial charge in [0.15, 0.2) is 11.0 Å². The molecule has 0 aliphatic carbocycles. The molecule has 0 fully saturated rings. The Morgan fingerprint density at radius 1 is 0.622 bits per heavy atom. The van der Waals surface area contributed by atoms with Crippen LogP contribution in [0.3, 0.4) is 0 Å². The van der Waals surface area contributed by atoms with E-state index in [1.807, 2.05) is 24.3 Å². The fraction of sp³-hybridized carbons (Fsp3) is 0.541. The normalized spacial score (nSPS) is 14.2. The van der Waals surface area contributed by atoms with E-state index in [-0.39, 0.29) is 0 Å². The molecule has 1 aromatic heterocycles. The summed E-state index contributed by atoms with van der Waals surface area (Å²) in [7, 11) is 0. The Labute approximate surface area is 291 Å². The molecule has 2 heterocycles. The molecule has 0 saturated carbocycles. The van der Waals surface area contributed by atoms with Gasteiger partial charge in [-0.2, -0.15) is 0 Å². The molecule has 246 valence electrons. The van der Waals surface area contributed by atoms with Crippen LogP contribution in [0.25, 0.3) is 17.1 Å². The van der Waals surface area contributed by atoms with Gasteiger partial charge in [-0.05, 0) is 51.3 Å². The third-order valence-electron chi connectivity index (χ3n) is 8.90. The minimum Gasteiger partial charge on any atom is -0.326 e. The van der Waals surface area contributed by atoms with Crippen molar-refractivity contribution < 1.29 is 4.57 Å². The molecule has 4 nitrogen and oxygen atoms in total. The topological polar surface area (TPSA) is 15.3 Å². The maximum Gasteiger partial charge on any atom is 0.282 e. The van der Waals surface area contributed by atoms with Gasteiger partial charge in [0.25, 0.3) is 5.82 Å². The Balaban J connectivity index is 1.68. The number of aromatic nitrogens is 2. The zero-order chi connectivity index (χ0) is 32.3. The molecule has 0 saturated heterocycles. The Morgan fingerprint density at radius 2 is 1.18 bits per heavy atom. The van der Waals surface area contributed by atoms with Crippen LogP contribution in [0, 0.1) is 0 Å². The number of anilines is 2. The first kappa shape index (κ1) is 36.0. The van der Waals surface area contributed by atoms with Gasteiger partial charge in [-0.25, -0.2) is 9.13 Å². The summed E-state index contributed by atoms with van der Waals surface area (Å²) in [5, 5.41) is 2.37. The summed E-state index contributed by atoms with van der Waals surface area (Å²) in [6.07, 6.45) is 21.7. The van der Waals surface area contributed by atoms with Gasteiger partial charge in [-0.15, -0.1) is 0 Å². The third kappa shape index (κ3) is 8.74. The van der Waals surface area contributed by atoms with E-state index in [2.05, 4.69) is 64.9 Å². The lowest BCUT2D eigenvalue weighted by Gasteiger charge is -2.24.